The molecule has 1 saturated heterocycles. The van der Waals surface area contributed by atoms with Crippen LogP contribution in [-0.2, 0) is 19.9 Å². The molecule has 2 aliphatic rings. The van der Waals surface area contributed by atoms with Crippen molar-refractivity contribution in [3.8, 4) is 0 Å². The largest absolute Gasteiger partial charge is 0.223 e. The Morgan fingerprint density at radius 2 is 1.43 bits per heavy atom. The Morgan fingerprint density at radius 3 is 2.00 bits per heavy atom. The minimum absolute atomic E-state index is 0.00145. The van der Waals surface area contributed by atoms with Crippen LogP contribution in [0.3, 0.4) is 0 Å². The van der Waals surface area contributed by atoms with Gasteiger partial charge in [-0.1, -0.05) is 19.3 Å². The SMILES string of the molecule is O=S(=O)(c1ccc(F)cc1)C1CN(S(=O)(=O)C2CCCCC2)C1. The second-order valence-corrected chi connectivity index (χ2v) is 10.7. The van der Waals surface area contributed by atoms with Gasteiger partial charge in [0, 0.05) is 13.1 Å². The first-order valence-electron chi connectivity index (χ1n) is 7.80. The molecule has 1 aliphatic carbocycles. The molecule has 8 heteroatoms. The van der Waals surface area contributed by atoms with Gasteiger partial charge in [0.1, 0.15) is 5.82 Å². The lowest BCUT2D eigenvalue weighted by Gasteiger charge is -2.40. The van der Waals surface area contributed by atoms with Gasteiger partial charge in [-0.3, -0.25) is 0 Å². The minimum atomic E-state index is -3.62. The van der Waals surface area contributed by atoms with Crippen molar-refractivity contribution in [3.05, 3.63) is 30.1 Å². The number of benzene rings is 1. The van der Waals surface area contributed by atoms with Crippen molar-refractivity contribution in [2.45, 2.75) is 47.5 Å². The highest BCUT2D eigenvalue weighted by Gasteiger charge is 2.46. The summed E-state index contributed by atoms with van der Waals surface area (Å²) >= 11 is 0. The third-order valence-electron chi connectivity index (χ3n) is 4.73. The van der Waals surface area contributed by atoms with Gasteiger partial charge in [-0.05, 0) is 37.1 Å². The van der Waals surface area contributed by atoms with Crippen LogP contribution in [0.5, 0.6) is 0 Å². The number of hydrogen-bond donors (Lipinski definition) is 0. The summed E-state index contributed by atoms with van der Waals surface area (Å²) in [4.78, 5) is 0.0404. The van der Waals surface area contributed by atoms with Gasteiger partial charge in [-0.2, -0.15) is 4.31 Å². The van der Waals surface area contributed by atoms with E-state index in [2.05, 4.69) is 0 Å². The first kappa shape index (κ1) is 16.9. The Bertz CT molecular complexity index is 762. The molecule has 23 heavy (non-hydrogen) atoms. The Labute approximate surface area is 136 Å². The average molecular weight is 361 g/mol. The van der Waals surface area contributed by atoms with Gasteiger partial charge in [-0.25, -0.2) is 21.2 Å². The third kappa shape index (κ3) is 3.16. The average Bonchev–Trinajstić information content (AvgIpc) is 2.46. The van der Waals surface area contributed by atoms with E-state index in [1.165, 1.54) is 16.4 Å². The lowest BCUT2D eigenvalue weighted by Crippen LogP contribution is -2.58. The molecular formula is C15H20FNO4S2. The lowest BCUT2D eigenvalue weighted by atomic mass is 10.0. The minimum Gasteiger partial charge on any atom is -0.223 e. The van der Waals surface area contributed by atoms with Crippen LogP contribution in [0, 0.1) is 5.82 Å². The van der Waals surface area contributed by atoms with Crippen molar-refractivity contribution in [3.63, 3.8) is 0 Å². The van der Waals surface area contributed by atoms with Crippen LogP contribution in [0.15, 0.2) is 29.2 Å². The van der Waals surface area contributed by atoms with E-state index in [4.69, 9.17) is 0 Å². The van der Waals surface area contributed by atoms with Crippen LogP contribution in [0.25, 0.3) is 0 Å². The zero-order chi connectivity index (χ0) is 16.7. The summed E-state index contributed by atoms with van der Waals surface area (Å²) in [7, 11) is -7.01. The molecule has 3 rings (SSSR count). The number of hydrogen-bond acceptors (Lipinski definition) is 4. The van der Waals surface area contributed by atoms with Crippen LogP contribution in [0.4, 0.5) is 4.39 Å². The normalized spacial score (nSPS) is 22.0. The molecule has 5 nitrogen and oxygen atoms in total. The van der Waals surface area contributed by atoms with Crippen LogP contribution in [0.1, 0.15) is 32.1 Å². The molecule has 0 unspecified atom stereocenters. The smallest absolute Gasteiger partial charge is 0.217 e. The molecule has 2 fully saturated rings. The van der Waals surface area contributed by atoms with Gasteiger partial charge in [0.15, 0.2) is 9.84 Å². The number of halogens is 1. The first-order valence-corrected chi connectivity index (χ1v) is 10.9. The van der Waals surface area contributed by atoms with Gasteiger partial charge < -0.3 is 0 Å². The topological polar surface area (TPSA) is 71.5 Å². The number of sulfone groups is 1. The summed E-state index contributed by atoms with van der Waals surface area (Å²) in [6.45, 7) is -0.00289. The molecule has 1 saturated carbocycles. The number of rotatable bonds is 4. The molecule has 1 heterocycles. The van der Waals surface area contributed by atoms with Crippen molar-refractivity contribution in [1.82, 2.24) is 4.31 Å². The second-order valence-electron chi connectivity index (χ2n) is 6.24. The van der Waals surface area contributed by atoms with Gasteiger partial charge in [-0.15, -0.1) is 0 Å². The predicted molar refractivity (Wildman–Crippen MR) is 84.7 cm³/mol. The maximum absolute atomic E-state index is 12.9. The van der Waals surface area contributed by atoms with Gasteiger partial charge in [0.05, 0.1) is 15.4 Å². The predicted octanol–water partition coefficient (Wildman–Crippen LogP) is 1.95. The number of nitrogens with zero attached hydrogens (tertiary/aromatic N) is 1. The van der Waals surface area contributed by atoms with Crippen molar-refractivity contribution in [1.29, 1.82) is 0 Å². The maximum atomic E-state index is 12.9. The van der Waals surface area contributed by atoms with Gasteiger partial charge in [0.2, 0.25) is 10.0 Å². The fraction of sp³-hybridized carbons (Fsp3) is 0.600. The molecule has 1 aromatic rings. The molecule has 1 aromatic carbocycles. The quantitative estimate of drug-likeness (QED) is 0.769. The summed E-state index contributed by atoms with van der Waals surface area (Å²) in [6, 6.07) is 4.65. The standard InChI is InChI=1S/C15H20FNO4S2/c16-12-6-8-13(9-7-12)22(18,19)15-10-17(11-15)23(20,21)14-4-2-1-3-5-14/h6-9,14-15H,1-5,10-11H2. The molecule has 0 N–H and O–H groups in total. The van der Waals surface area contributed by atoms with E-state index in [0.29, 0.717) is 12.8 Å². The molecule has 1 aliphatic heterocycles. The van der Waals surface area contributed by atoms with E-state index in [1.807, 2.05) is 0 Å². The summed E-state index contributed by atoms with van der Waals surface area (Å²) in [5.74, 6) is -0.501. The van der Waals surface area contributed by atoms with E-state index in [-0.39, 0.29) is 23.2 Å². The summed E-state index contributed by atoms with van der Waals surface area (Å²) in [5, 5.41) is -1.11. The van der Waals surface area contributed by atoms with Gasteiger partial charge >= 0.3 is 0 Å². The third-order valence-corrected chi connectivity index (χ3v) is 9.17. The molecule has 0 atom stereocenters. The van der Waals surface area contributed by atoms with E-state index in [0.717, 1.165) is 31.4 Å². The highest BCUT2D eigenvalue weighted by atomic mass is 32.2. The Hall–Kier alpha value is -0.990. The monoisotopic (exact) mass is 361 g/mol. The fourth-order valence-corrected chi connectivity index (χ4v) is 7.16. The van der Waals surface area contributed by atoms with E-state index in [1.54, 1.807) is 0 Å². The summed E-state index contributed by atoms with van der Waals surface area (Å²) < 4.78 is 64.1. The van der Waals surface area contributed by atoms with E-state index < -0.39 is 30.9 Å². The van der Waals surface area contributed by atoms with Crippen molar-refractivity contribution in [2.75, 3.05) is 13.1 Å². The Morgan fingerprint density at radius 1 is 0.870 bits per heavy atom. The van der Waals surface area contributed by atoms with Crippen LogP contribution >= 0.6 is 0 Å². The number of sulfonamides is 1. The molecule has 128 valence electrons. The Balaban J connectivity index is 1.69. The lowest BCUT2D eigenvalue weighted by molar-refractivity contribution is 0.300. The fourth-order valence-electron chi connectivity index (χ4n) is 3.20. The van der Waals surface area contributed by atoms with Crippen molar-refractivity contribution < 1.29 is 21.2 Å². The molecule has 0 radical (unpaired) electrons. The molecule has 0 spiro atoms. The summed E-state index contributed by atoms with van der Waals surface area (Å²) in [5.41, 5.74) is 0. The molecular weight excluding hydrogens is 341 g/mol. The zero-order valence-corrected chi connectivity index (χ0v) is 14.3. The molecule has 0 aromatic heterocycles. The maximum Gasteiger partial charge on any atom is 0.217 e. The summed E-state index contributed by atoms with van der Waals surface area (Å²) in [6.07, 6.45) is 4.21. The molecule has 0 amide bonds. The van der Waals surface area contributed by atoms with Gasteiger partial charge in [0.25, 0.3) is 0 Å². The highest BCUT2D eigenvalue weighted by Crippen LogP contribution is 2.31. The second kappa shape index (κ2) is 6.14. The van der Waals surface area contributed by atoms with Crippen molar-refractivity contribution in [2.24, 2.45) is 0 Å². The van der Waals surface area contributed by atoms with Crippen molar-refractivity contribution >= 4 is 19.9 Å². The van der Waals surface area contributed by atoms with E-state index >= 15 is 0 Å². The zero-order valence-electron chi connectivity index (χ0n) is 12.7. The highest BCUT2D eigenvalue weighted by molar-refractivity contribution is 7.93. The Kier molecular flexibility index (Phi) is 4.50. The van der Waals surface area contributed by atoms with E-state index in [9.17, 15) is 21.2 Å². The molecule has 0 bridgehead atoms. The van der Waals surface area contributed by atoms with Crippen LogP contribution in [0.2, 0.25) is 0 Å². The first-order chi connectivity index (χ1) is 10.8. The van der Waals surface area contributed by atoms with Crippen LogP contribution in [-0.4, -0.2) is 44.7 Å². The van der Waals surface area contributed by atoms with Crippen LogP contribution < -0.4 is 0 Å².